The van der Waals surface area contributed by atoms with E-state index in [-0.39, 0.29) is 0 Å². The number of aromatic nitrogens is 3. The molecular weight excluding hydrogens is 282 g/mol. The number of aryl methyl sites for hydroxylation is 1. The molecule has 3 aromatic rings. The molecule has 2 aromatic heterocycles. The molecule has 0 atom stereocenters. The van der Waals surface area contributed by atoms with Gasteiger partial charge in [0.1, 0.15) is 18.7 Å². The lowest BCUT2D eigenvalue weighted by Gasteiger charge is -2.05. The summed E-state index contributed by atoms with van der Waals surface area (Å²) >= 11 is 1.78. The van der Waals surface area contributed by atoms with Crippen LogP contribution in [0.5, 0.6) is 5.75 Å². The van der Waals surface area contributed by atoms with E-state index in [0.717, 1.165) is 18.7 Å². The first-order valence-electron chi connectivity index (χ1n) is 6.96. The SMILES string of the molecule is CCn1cnc(COc2ccc(Cc3cccs3)cc2)n1. The number of hydrogen-bond acceptors (Lipinski definition) is 4. The second kappa shape index (κ2) is 6.54. The van der Waals surface area contributed by atoms with Crippen LogP contribution in [0.3, 0.4) is 0 Å². The maximum Gasteiger partial charge on any atom is 0.188 e. The van der Waals surface area contributed by atoms with Crippen molar-refractivity contribution >= 4 is 11.3 Å². The summed E-state index contributed by atoms with van der Waals surface area (Å²) in [5.41, 5.74) is 1.29. The van der Waals surface area contributed by atoms with Crippen LogP contribution < -0.4 is 4.74 Å². The van der Waals surface area contributed by atoms with Gasteiger partial charge in [-0.2, -0.15) is 5.10 Å². The maximum absolute atomic E-state index is 5.70. The summed E-state index contributed by atoms with van der Waals surface area (Å²) in [6.45, 7) is 3.26. The monoisotopic (exact) mass is 299 g/mol. The Hall–Kier alpha value is -2.14. The first-order valence-corrected chi connectivity index (χ1v) is 7.84. The third-order valence-electron chi connectivity index (χ3n) is 3.16. The van der Waals surface area contributed by atoms with E-state index in [4.69, 9.17) is 4.74 Å². The lowest BCUT2D eigenvalue weighted by molar-refractivity contribution is 0.295. The summed E-state index contributed by atoms with van der Waals surface area (Å²) in [7, 11) is 0. The highest BCUT2D eigenvalue weighted by Crippen LogP contribution is 2.18. The molecule has 21 heavy (non-hydrogen) atoms. The summed E-state index contributed by atoms with van der Waals surface area (Å²) in [6.07, 6.45) is 2.70. The van der Waals surface area contributed by atoms with E-state index < -0.39 is 0 Å². The third kappa shape index (κ3) is 3.70. The van der Waals surface area contributed by atoms with Crippen molar-refractivity contribution in [2.75, 3.05) is 0 Å². The van der Waals surface area contributed by atoms with Crippen LogP contribution in [0.2, 0.25) is 0 Å². The normalized spacial score (nSPS) is 10.7. The van der Waals surface area contributed by atoms with E-state index in [1.54, 1.807) is 22.3 Å². The van der Waals surface area contributed by atoms with Gasteiger partial charge in [-0.1, -0.05) is 18.2 Å². The van der Waals surface area contributed by atoms with Crippen LogP contribution in [-0.4, -0.2) is 14.8 Å². The molecule has 0 amide bonds. The van der Waals surface area contributed by atoms with Gasteiger partial charge >= 0.3 is 0 Å². The Morgan fingerprint density at radius 1 is 1.19 bits per heavy atom. The molecule has 0 aliphatic carbocycles. The Bertz CT molecular complexity index is 674. The molecule has 0 spiro atoms. The van der Waals surface area contributed by atoms with Gasteiger partial charge in [0.2, 0.25) is 0 Å². The van der Waals surface area contributed by atoms with E-state index in [2.05, 4.69) is 39.7 Å². The van der Waals surface area contributed by atoms with E-state index in [9.17, 15) is 0 Å². The van der Waals surface area contributed by atoms with Crippen LogP contribution in [0.15, 0.2) is 48.1 Å². The summed E-state index contributed by atoms with van der Waals surface area (Å²) < 4.78 is 7.50. The second-order valence-electron chi connectivity index (χ2n) is 4.71. The first kappa shape index (κ1) is 13.8. The van der Waals surface area contributed by atoms with Crippen LogP contribution in [0.1, 0.15) is 23.2 Å². The third-order valence-corrected chi connectivity index (χ3v) is 4.03. The maximum atomic E-state index is 5.70. The van der Waals surface area contributed by atoms with E-state index in [1.807, 2.05) is 19.1 Å². The highest BCUT2D eigenvalue weighted by Gasteiger charge is 2.02. The predicted molar refractivity (Wildman–Crippen MR) is 83.6 cm³/mol. The van der Waals surface area contributed by atoms with Crippen LogP contribution >= 0.6 is 11.3 Å². The van der Waals surface area contributed by atoms with Crippen molar-refractivity contribution < 1.29 is 4.74 Å². The van der Waals surface area contributed by atoms with E-state index in [1.165, 1.54) is 10.4 Å². The quantitative estimate of drug-likeness (QED) is 0.699. The number of nitrogens with zero attached hydrogens (tertiary/aromatic N) is 3. The van der Waals surface area contributed by atoms with Crippen LogP contribution in [0.25, 0.3) is 0 Å². The molecule has 2 heterocycles. The van der Waals surface area contributed by atoms with Crippen molar-refractivity contribution in [3.05, 3.63) is 64.4 Å². The van der Waals surface area contributed by atoms with Crippen molar-refractivity contribution in [1.82, 2.24) is 14.8 Å². The number of ether oxygens (including phenoxy) is 1. The van der Waals surface area contributed by atoms with Crippen LogP contribution in [0.4, 0.5) is 0 Å². The molecule has 0 unspecified atom stereocenters. The molecular formula is C16H17N3OS. The zero-order chi connectivity index (χ0) is 14.5. The average Bonchev–Trinajstić information content (AvgIpc) is 3.18. The minimum atomic E-state index is 0.400. The molecule has 108 valence electrons. The minimum Gasteiger partial charge on any atom is -0.486 e. The molecule has 0 saturated heterocycles. The topological polar surface area (TPSA) is 39.9 Å². The van der Waals surface area contributed by atoms with Gasteiger partial charge in [0.25, 0.3) is 0 Å². The summed E-state index contributed by atoms with van der Waals surface area (Å²) in [5, 5.41) is 6.40. The smallest absolute Gasteiger partial charge is 0.188 e. The molecule has 0 N–H and O–H groups in total. The molecule has 0 bridgehead atoms. The van der Waals surface area contributed by atoms with Crippen LogP contribution in [0, 0.1) is 0 Å². The summed E-state index contributed by atoms with van der Waals surface area (Å²) in [6, 6.07) is 12.4. The van der Waals surface area contributed by atoms with Gasteiger partial charge in [0.05, 0.1) is 0 Å². The molecule has 0 radical (unpaired) electrons. The highest BCUT2D eigenvalue weighted by atomic mass is 32.1. The predicted octanol–water partition coefficient (Wildman–Crippen LogP) is 3.53. The van der Waals surface area contributed by atoms with Gasteiger partial charge in [0, 0.05) is 17.8 Å². The van der Waals surface area contributed by atoms with Gasteiger partial charge in [0.15, 0.2) is 5.82 Å². The minimum absolute atomic E-state index is 0.400. The second-order valence-corrected chi connectivity index (χ2v) is 5.74. The van der Waals surface area contributed by atoms with Crippen molar-refractivity contribution in [1.29, 1.82) is 0 Å². The van der Waals surface area contributed by atoms with E-state index >= 15 is 0 Å². The van der Waals surface area contributed by atoms with Gasteiger partial charge in [-0.3, -0.25) is 4.68 Å². The summed E-state index contributed by atoms with van der Waals surface area (Å²) in [4.78, 5) is 5.57. The Kier molecular flexibility index (Phi) is 4.31. The molecule has 3 rings (SSSR count). The molecule has 0 aliphatic rings. The average molecular weight is 299 g/mol. The number of thiophene rings is 1. The van der Waals surface area contributed by atoms with Crippen molar-refractivity contribution in [2.45, 2.75) is 26.5 Å². The van der Waals surface area contributed by atoms with E-state index in [0.29, 0.717) is 12.4 Å². The fourth-order valence-corrected chi connectivity index (χ4v) is 2.76. The lowest BCUT2D eigenvalue weighted by Crippen LogP contribution is -2.00. The Balaban J connectivity index is 1.56. The van der Waals surface area contributed by atoms with Crippen molar-refractivity contribution in [3.8, 4) is 5.75 Å². The fraction of sp³-hybridized carbons (Fsp3) is 0.250. The Labute approximate surface area is 128 Å². The largest absolute Gasteiger partial charge is 0.486 e. The molecule has 0 saturated carbocycles. The van der Waals surface area contributed by atoms with Gasteiger partial charge in [-0.05, 0) is 36.1 Å². The Morgan fingerprint density at radius 3 is 2.71 bits per heavy atom. The van der Waals surface area contributed by atoms with Crippen molar-refractivity contribution in [2.24, 2.45) is 0 Å². The molecule has 1 aromatic carbocycles. The molecule has 5 heteroatoms. The van der Waals surface area contributed by atoms with Gasteiger partial charge < -0.3 is 4.74 Å². The number of hydrogen-bond donors (Lipinski definition) is 0. The molecule has 4 nitrogen and oxygen atoms in total. The number of benzene rings is 1. The summed E-state index contributed by atoms with van der Waals surface area (Å²) in [5.74, 6) is 1.55. The fourth-order valence-electron chi connectivity index (χ4n) is 2.02. The van der Waals surface area contributed by atoms with Gasteiger partial charge in [-0.15, -0.1) is 11.3 Å². The molecule has 0 fully saturated rings. The zero-order valence-electron chi connectivity index (χ0n) is 11.9. The highest BCUT2D eigenvalue weighted by molar-refractivity contribution is 7.09. The standard InChI is InChI=1S/C16H17N3OS/c1-2-19-12-17-16(18-19)11-20-14-7-5-13(6-8-14)10-15-4-3-9-21-15/h3-9,12H,2,10-11H2,1H3. The Morgan fingerprint density at radius 2 is 2.05 bits per heavy atom. The zero-order valence-corrected chi connectivity index (χ0v) is 12.7. The molecule has 0 aliphatic heterocycles. The van der Waals surface area contributed by atoms with Crippen molar-refractivity contribution in [3.63, 3.8) is 0 Å². The van der Waals surface area contributed by atoms with Gasteiger partial charge in [-0.25, -0.2) is 4.98 Å². The van der Waals surface area contributed by atoms with Crippen LogP contribution in [-0.2, 0) is 19.6 Å². The first-order chi connectivity index (χ1) is 10.3. The lowest BCUT2D eigenvalue weighted by atomic mass is 10.1. The number of rotatable bonds is 6.